The van der Waals surface area contributed by atoms with E-state index in [1.807, 2.05) is 30.3 Å². The number of unbranched alkanes of at least 4 members (excludes halogenated alkanes) is 2. The largest absolute Gasteiger partial charge is 0.504 e. The summed E-state index contributed by atoms with van der Waals surface area (Å²) in [6, 6.07) is 15.6. The maximum absolute atomic E-state index is 13.6. The first-order valence-electron chi connectivity index (χ1n) is 12.4. The maximum Gasteiger partial charge on any atom is 0.217 e. The molecule has 4 rings (SSSR count). The summed E-state index contributed by atoms with van der Waals surface area (Å²) in [5.41, 5.74) is 18.8. The predicted molar refractivity (Wildman–Crippen MR) is 145 cm³/mol. The Balaban J connectivity index is 1.64. The van der Waals surface area contributed by atoms with Crippen molar-refractivity contribution in [1.82, 2.24) is 0 Å². The third kappa shape index (κ3) is 6.00. The number of amides is 1. The molecule has 0 fully saturated rings. The number of carbonyl (C=O) groups excluding carboxylic acids is 2. The lowest BCUT2D eigenvalue weighted by Crippen LogP contribution is -2.09. The zero-order valence-corrected chi connectivity index (χ0v) is 20.9. The summed E-state index contributed by atoms with van der Waals surface area (Å²) in [5.74, 6) is -0.516. The van der Waals surface area contributed by atoms with Crippen LogP contribution in [0.1, 0.15) is 52.9 Å². The van der Waals surface area contributed by atoms with Crippen molar-refractivity contribution in [1.29, 1.82) is 0 Å². The van der Waals surface area contributed by atoms with Crippen molar-refractivity contribution in [3.05, 3.63) is 77.0 Å². The highest BCUT2D eigenvalue weighted by molar-refractivity contribution is 6.18. The third-order valence-electron chi connectivity index (χ3n) is 6.32. The number of carbonyl (C=O) groups is 2. The number of furan rings is 1. The van der Waals surface area contributed by atoms with Crippen LogP contribution in [-0.4, -0.2) is 28.5 Å². The molecule has 0 radical (unpaired) electrons. The fraction of sp³-hybridized carbons (Fsp3) is 0.241. The number of phenols is 2. The monoisotopic (exact) mass is 517 g/mol. The van der Waals surface area contributed by atoms with Gasteiger partial charge in [0.2, 0.25) is 5.91 Å². The Morgan fingerprint density at radius 3 is 2.29 bits per heavy atom. The molecule has 4 aromatic rings. The standard InChI is InChI=1S/C29H31N3O6/c30-20-13-18(14-21(31)29(20)36)28(35)27-19-15-22(33)25(37-12-11-17-7-3-1-4-8-17)16-24(19)38-23(27)9-5-2-6-10-26(32)34/h1,3-4,7-8,13-16,33,36H,2,5-6,9-12,30-31H2,(H2,32,34). The number of aryl methyl sites for hydroxylation is 1. The molecule has 0 aliphatic rings. The Hall–Kier alpha value is -4.66. The number of hydrogen-bond donors (Lipinski definition) is 5. The van der Waals surface area contributed by atoms with Crippen molar-refractivity contribution >= 4 is 34.0 Å². The number of phenolic OH excluding ortho intramolecular Hbond substituents is 2. The van der Waals surface area contributed by atoms with E-state index < -0.39 is 5.78 Å². The molecule has 0 saturated carbocycles. The second-order valence-electron chi connectivity index (χ2n) is 9.16. The summed E-state index contributed by atoms with van der Waals surface area (Å²) < 4.78 is 11.9. The van der Waals surface area contributed by atoms with Crippen LogP contribution in [-0.2, 0) is 17.6 Å². The second kappa shape index (κ2) is 11.6. The molecule has 0 aliphatic carbocycles. The van der Waals surface area contributed by atoms with Gasteiger partial charge in [-0.25, -0.2) is 0 Å². The van der Waals surface area contributed by atoms with Crippen LogP contribution in [0.15, 0.2) is 59.0 Å². The van der Waals surface area contributed by atoms with Crippen LogP contribution in [0.2, 0.25) is 0 Å². The predicted octanol–water partition coefficient (Wildman–Crippen LogP) is 4.45. The Kier molecular flexibility index (Phi) is 8.06. The molecule has 8 N–H and O–H groups in total. The molecule has 9 heteroatoms. The molecule has 0 unspecified atom stereocenters. The van der Waals surface area contributed by atoms with Gasteiger partial charge in [0, 0.05) is 36.3 Å². The Bertz CT molecular complexity index is 1440. The first-order valence-corrected chi connectivity index (χ1v) is 12.4. The summed E-state index contributed by atoms with van der Waals surface area (Å²) in [6.07, 6.45) is 3.36. The summed E-state index contributed by atoms with van der Waals surface area (Å²) in [7, 11) is 0. The quantitative estimate of drug-likeness (QED) is 0.0792. The number of benzene rings is 3. The highest BCUT2D eigenvalue weighted by atomic mass is 16.5. The summed E-state index contributed by atoms with van der Waals surface area (Å²) in [6.45, 7) is 0.342. The van der Waals surface area contributed by atoms with Crippen LogP contribution in [0, 0.1) is 0 Å². The number of aromatic hydroxyl groups is 2. The summed E-state index contributed by atoms with van der Waals surface area (Å²) >= 11 is 0. The molecule has 3 aromatic carbocycles. The molecule has 0 atom stereocenters. The molecule has 1 aromatic heterocycles. The molecule has 38 heavy (non-hydrogen) atoms. The van der Waals surface area contributed by atoms with E-state index in [1.165, 1.54) is 18.2 Å². The van der Waals surface area contributed by atoms with E-state index in [0.717, 1.165) is 5.56 Å². The number of anilines is 2. The zero-order valence-electron chi connectivity index (χ0n) is 20.9. The summed E-state index contributed by atoms with van der Waals surface area (Å²) in [4.78, 5) is 24.7. The molecule has 0 spiro atoms. The van der Waals surface area contributed by atoms with Gasteiger partial charge in [-0.1, -0.05) is 36.8 Å². The number of ether oxygens (including phenoxy) is 1. The average Bonchev–Trinajstić information content (AvgIpc) is 3.23. The van der Waals surface area contributed by atoms with Gasteiger partial charge in [-0.3, -0.25) is 9.59 Å². The Morgan fingerprint density at radius 2 is 1.61 bits per heavy atom. The van der Waals surface area contributed by atoms with Crippen LogP contribution >= 0.6 is 0 Å². The van der Waals surface area contributed by atoms with Crippen molar-refractivity contribution < 1.29 is 29.0 Å². The van der Waals surface area contributed by atoms with Crippen molar-refractivity contribution in [2.75, 3.05) is 18.1 Å². The molecular weight excluding hydrogens is 486 g/mol. The van der Waals surface area contributed by atoms with Gasteiger partial charge >= 0.3 is 0 Å². The lowest BCUT2D eigenvalue weighted by molar-refractivity contribution is -0.118. The molecule has 1 heterocycles. The molecule has 9 nitrogen and oxygen atoms in total. The zero-order chi connectivity index (χ0) is 27.2. The minimum Gasteiger partial charge on any atom is -0.504 e. The summed E-state index contributed by atoms with van der Waals surface area (Å²) in [5, 5.41) is 21.1. The normalized spacial score (nSPS) is 11.1. The van der Waals surface area contributed by atoms with Crippen molar-refractivity contribution in [3.63, 3.8) is 0 Å². The highest BCUT2D eigenvalue weighted by Crippen LogP contribution is 2.38. The number of hydrogen-bond acceptors (Lipinski definition) is 8. The molecular formula is C29H31N3O6. The molecule has 0 saturated heterocycles. The number of nitrogen functional groups attached to an aromatic ring is 2. The van der Waals surface area contributed by atoms with Gasteiger partial charge in [0.05, 0.1) is 23.5 Å². The highest BCUT2D eigenvalue weighted by Gasteiger charge is 2.25. The number of rotatable bonds is 12. The smallest absolute Gasteiger partial charge is 0.217 e. The van der Waals surface area contributed by atoms with Gasteiger partial charge in [-0.05, 0) is 36.6 Å². The Morgan fingerprint density at radius 1 is 0.895 bits per heavy atom. The number of primary amides is 1. The van der Waals surface area contributed by atoms with Crippen molar-refractivity contribution in [3.8, 4) is 17.2 Å². The number of fused-ring (bicyclic) bond motifs is 1. The third-order valence-corrected chi connectivity index (χ3v) is 6.32. The lowest BCUT2D eigenvalue weighted by Gasteiger charge is -2.09. The first kappa shape index (κ1) is 26.4. The molecule has 0 bridgehead atoms. The van der Waals surface area contributed by atoms with Gasteiger partial charge in [0.1, 0.15) is 11.3 Å². The van der Waals surface area contributed by atoms with Gasteiger partial charge in [0.25, 0.3) is 0 Å². The fourth-order valence-corrected chi connectivity index (χ4v) is 4.34. The number of nitrogens with two attached hydrogens (primary N) is 3. The van der Waals surface area contributed by atoms with E-state index >= 15 is 0 Å². The SMILES string of the molecule is NC(=O)CCCCCc1oc2cc(OCCc3ccccc3)c(O)cc2c1C(=O)c1cc(N)c(O)c(N)c1. The second-order valence-corrected chi connectivity index (χ2v) is 9.16. The topological polar surface area (TPSA) is 175 Å². The van der Waals surface area contributed by atoms with E-state index in [1.54, 1.807) is 6.07 Å². The molecule has 0 aliphatic heterocycles. The first-order chi connectivity index (χ1) is 18.2. The van der Waals surface area contributed by atoms with Crippen LogP contribution in [0.4, 0.5) is 11.4 Å². The van der Waals surface area contributed by atoms with Crippen LogP contribution in [0.5, 0.6) is 17.2 Å². The fourth-order valence-electron chi connectivity index (χ4n) is 4.34. The number of ketones is 1. The van der Waals surface area contributed by atoms with Crippen molar-refractivity contribution in [2.24, 2.45) is 5.73 Å². The van der Waals surface area contributed by atoms with E-state index in [4.69, 9.17) is 26.4 Å². The molecule has 1 amide bonds. The minimum absolute atomic E-state index is 0.0221. The Labute approximate surface area is 219 Å². The van der Waals surface area contributed by atoms with E-state index in [0.29, 0.717) is 55.4 Å². The lowest BCUT2D eigenvalue weighted by atomic mass is 9.97. The van der Waals surface area contributed by atoms with Gasteiger partial charge < -0.3 is 36.6 Å². The van der Waals surface area contributed by atoms with Gasteiger partial charge in [-0.15, -0.1) is 0 Å². The maximum atomic E-state index is 13.6. The van der Waals surface area contributed by atoms with E-state index in [-0.39, 0.29) is 52.1 Å². The van der Waals surface area contributed by atoms with Crippen molar-refractivity contribution in [2.45, 2.75) is 38.5 Å². The van der Waals surface area contributed by atoms with E-state index in [9.17, 15) is 19.8 Å². The minimum atomic E-state index is -0.411. The van der Waals surface area contributed by atoms with Crippen LogP contribution in [0.3, 0.4) is 0 Å². The van der Waals surface area contributed by atoms with Gasteiger partial charge in [0.15, 0.2) is 23.0 Å². The van der Waals surface area contributed by atoms with Crippen LogP contribution < -0.4 is 21.9 Å². The van der Waals surface area contributed by atoms with Gasteiger partial charge in [-0.2, -0.15) is 0 Å². The molecule has 198 valence electrons. The average molecular weight is 518 g/mol. The van der Waals surface area contributed by atoms with Crippen LogP contribution in [0.25, 0.3) is 11.0 Å². The van der Waals surface area contributed by atoms with E-state index in [2.05, 4.69) is 0 Å².